The van der Waals surface area contributed by atoms with Gasteiger partial charge in [0, 0.05) is 5.69 Å². The number of hydrogen-bond donors (Lipinski definition) is 2. The van der Waals surface area contributed by atoms with Crippen molar-refractivity contribution < 1.29 is 4.79 Å². The Bertz CT molecular complexity index is 661. The average Bonchev–Trinajstić information content (AvgIpc) is 2.39. The Morgan fingerprint density at radius 1 is 1.37 bits per heavy atom. The number of pyridine rings is 1. The minimum absolute atomic E-state index is 0.245. The van der Waals surface area contributed by atoms with Gasteiger partial charge in [-0.1, -0.05) is 11.6 Å². The molecule has 5 nitrogen and oxygen atoms in total. The van der Waals surface area contributed by atoms with Gasteiger partial charge >= 0.3 is 0 Å². The number of carbonyl (C=O) groups excluding carboxylic acids is 1. The van der Waals surface area contributed by atoms with Crippen LogP contribution in [0.5, 0.6) is 0 Å². The molecule has 0 fully saturated rings. The van der Waals surface area contributed by atoms with Crippen molar-refractivity contribution in [2.24, 2.45) is 0 Å². The van der Waals surface area contributed by atoms with Crippen LogP contribution in [0.4, 0.5) is 11.4 Å². The number of nitriles is 1. The molecular formula is C13H9ClN4O. The first-order chi connectivity index (χ1) is 9.10. The number of nitrogen functional groups attached to an aromatic ring is 1. The monoisotopic (exact) mass is 272 g/mol. The van der Waals surface area contributed by atoms with Crippen LogP contribution in [0.2, 0.25) is 5.02 Å². The van der Waals surface area contributed by atoms with Crippen molar-refractivity contribution in [2.45, 2.75) is 0 Å². The molecule has 2 aromatic rings. The highest BCUT2D eigenvalue weighted by molar-refractivity contribution is 6.32. The quantitative estimate of drug-likeness (QED) is 0.878. The first-order valence-corrected chi connectivity index (χ1v) is 5.70. The summed E-state index contributed by atoms with van der Waals surface area (Å²) in [5, 5.41) is 11.7. The zero-order valence-corrected chi connectivity index (χ0v) is 10.5. The van der Waals surface area contributed by atoms with Crippen molar-refractivity contribution >= 4 is 28.9 Å². The number of hydrogen-bond acceptors (Lipinski definition) is 4. The van der Waals surface area contributed by atoms with Gasteiger partial charge in [-0.15, -0.1) is 0 Å². The molecule has 0 aliphatic heterocycles. The van der Waals surface area contributed by atoms with Crippen LogP contribution in [-0.2, 0) is 0 Å². The van der Waals surface area contributed by atoms with Gasteiger partial charge in [0.25, 0.3) is 5.91 Å². The van der Waals surface area contributed by atoms with Crippen molar-refractivity contribution in [3.05, 3.63) is 52.8 Å². The number of anilines is 2. The van der Waals surface area contributed by atoms with Gasteiger partial charge in [0.2, 0.25) is 0 Å². The zero-order valence-electron chi connectivity index (χ0n) is 9.72. The van der Waals surface area contributed by atoms with Gasteiger partial charge in [-0.3, -0.25) is 4.79 Å². The van der Waals surface area contributed by atoms with E-state index in [9.17, 15) is 4.79 Å². The summed E-state index contributed by atoms with van der Waals surface area (Å²) in [6.45, 7) is 0. The molecule has 1 amide bonds. The third-order valence-electron chi connectivity index (χ3n) is 2.37. The van der Waals surface area contributed by atoms with Crippen molar-refractivity contribution in [3.8, 4) is 6.07 Å². The molecule has 3 N–H and O–H groups in total. The molecular weight excluding hydrogens is 264 g/mol. The third kappa shape index (κ3) is 3.00. The lowest BCUT2D eigenvalue weighted by Crippen LogP contribution is -2.13. The van der Waals surface area contributed by atoms with E-state index in [0.29, 0.717) is 16.9 Å². The van der Waals surface area contributed by atoms with Gasteiger partial charge < -0.3 is 11.1 Å². The highest BCUT2D eigenvalue weighted by Crippen LogP contribution is 2.20. The van der Waals surface area contributed by atoms with Crippen LogP contribution in [0.25, 0.3) is 0 Å². The van der Waals surface area contributed by atoms with Gasteiger partial charge in [0.05, 0.1) is 22.5 Å². The number of carbonyl (C=O) groups is 1. The molecule has 0 spiro atoms. The number of nitrogens with two attached hydrogens (primary N) is 1. The molecule has 0 radical (unpaired) electrons. The van der Waals surface area contributed by atoms with E-state index in [1.54, 1.807) is 12.1 Å². The predicted octanol–water partition coefficient (Wildman–Crippen LogP) is 2.44. The fourth-order valence-electron chi connectivity index (χ4n) is 1.42. The summed E-state index contributed by atoms with van der Waals surface area (Å²) in [5.74, 6) is -0.374. The van der Waals surface area contributed by atoms with Gasteiger partial charge in [0.1, 0.15) is 11.8 Å². The molecule has 0 unspecified atom stereocenters. The van der Waals surface area contributed by atoms with Crippen molar-refractivity contribution in [2.75, 3.05) is 11.1 Å². The molecule has 1 heterocycles. The normalized spacial score (nSPS) is 9.68. The largest absolute Gasteiger partial charge is 0.397 e. The SMILES string of the molecule is N#Cc1ccc(NC(=O)c2ccc(N)cn2)cc1Cl. The number of nitrogens with zero attached hydrogens (tertiary/aromatic N) is 2. The number of aromatic nitrogens is 1. The fourth-order valence-corrected chi connectivity index (χ4v) is 1.64. The van der Waals surface area contributed by atoms with Crippen molar-refractivity contribution in [1.29, 1.82) is 5.26 Å². The second kappa shape index (κ2) is 5.38. The molecule has 0 aliphatic carbocycles. The summed E-state index contributed by atoms with van der Waals surface area (Å²) in [4.78, 5) is 15.8. The molecule has 0 saturated carbocycles. The van der Waals surface area contributed by atoms with Crippen LogP contribution in [0.1, 0.15) is 16.1 Å². The van der Waals surface area contributed by atoms with Gasteiger partial charge in [-0.05, 0) is 30.3 Å². The smallest absolute Gasteiger partial charge is 0.274 e. The van der Waals surface area contributed by atoms with Crippen LogP contribution in [0, 0.1) is 11.3 Å². The summed E-state index contributed by atoms with van der Waals surface area (Å²) in [6, 6.07) is 9.70. The van der Waals surface area contributed by atoms with Crippen LogP contribution in [0.3, 0.4) is 0 Å². The Hall–Kier alpha value is -2.58. The molecule has 6 heteroatoms. The van der Waals surface area contributed by atoms with E-state index >= 15 is 0 Å². The first kappa shape index (κ1) is 12.9. The van der Waals surface area contributed by atoms with E-state index in [1.165, 1.54) is 24.4 Å². The van der Waals surface area contributed by atoms with Crippen LogP contribution in [0.15, 0.2) is 36.5 Å². The van der Waals surface area contributed by atoms with E-state index in [2.05, 4.69) is 10.3 Å². The average molecular weight is 273 g/mol. The molecule has 1 aromatic carbocycles. The van der Waals surface area contributed by atoms with Gasteiger partial charge in [-0.2, -0.15) is 5.26 Å². The minimum Gasteiger partial charge on any atom is -0.397 e. The van der Waals surface area contributed by atoms with E-state index in [-0.39, 0.29) is 16.6 Å². The highest BCUT2D eigenvalue weighted by atomic mass is 35.5. The predicted molar refractivity (Wildman–Crippen MR) is 72.8 cm³/mol. The Kier molecular flexibility index (Phi) is 3.64. The van der Waals surface area contributed by atoms with Crippen LogP contribution < -0.4 is 11.1 Å². The lowest BCUT2D eigenvalue weighted by molar-refractivity contribution is 0.102. The molecule has 0 aliphatic rings. The van der Waals surface area contributed by atoms with Gasteiger partial charge in [-0.25, -0.2) is 4.98 Å². The van der Waals surface area contributed by atoms with E-state index in [1.807, 2.05) is 6.07 Å². The fraction of sp³-hybridized carbons (Fsp3) is 0. The van der Waals surface area contributed by atoms with Gasteiger partial charge in [0.15, 0.2) is 0 Å². The number of amides is 1. The highest BCUT2D eigenvalue weighted by Gasteiger charge is 2.08. The molecule has 1 aromatic heterocycles. The molecule has 2 rings (SSSR count). The second-order valence-corrected chi connectivity index (χ2v) is 4.14. The Labute approximate surface area is 114 Å². The number of halogens is 1. The molecule has 0 bridgehead atoms. The summed E-state index contributed by atoms with van der Waals surface area (Å²) < 4.78 is 0. The minimum atomic E-state index is -0.374. The van der Waals surface area contributed by atoms with Crippen molar-refractivity contribution in [1.82, 2.24) is 4.98 Å². The Balaban J connectivity index is 2.17. The maximum atomic E-state index is 11.9. The number of benzene rings is 1. The summed E-state index contributed by atoms with van der Waals surface area (Å²) in [6.07, 6.45) is 1.40. The summed E-state index contributed by atoms with van der Waals surface area (Å²) >= 11 is 5.87. The summed E-state index contributed by atoms with van der Waals surface area (Å²) in [5.41, 5.74) is 7.06. The Morgan fingerprint density at radius 3 is 2.74 bits per heavy atom. The van der Waals surface area contributed by atoms with E-state index in [0.717, 1.165) is 0 Å². The first-order valence-electron chi connectivity index (χ1n) is 5.32. The molecule has 0 saturated heterocycles. The summed E-state index contributed by atoms with van der Waals surface area (Å²) in [7, 11) is 0. The van der Waals surface area contributed by atoms with Crippen LogP contribution >= 0.6 is 11.6 Å². The molecule has 19 heavy (non-hydrogen) atoms. The van der Waals surface area contributed by atoms with E-state index in [4.69, 9.17) is 22.6 Å². The molecule has 0 atom stereocenters. The van der Waals surface area contributed by atoms with Crippen molar-refractivity contribution in [3.63, 3.8) is 0 Å². The number of nitrogens with one attached hydrogen (secondary N) is 1. The zero-order chi connectivity index (χ0) is 13.8. The standard InChI is InChI=1S/C13H9ClN4O/c14-11-5-10(3-1-8(11)6-15)18-13(19)12-4-2-9(16)7-17-12/h1-5,7H,16H2,(H,18,19). The number of rotatable bonds is 2. The second-order valence-electron chi connectivity index (χ2n) is 3.74. The van der Waals surface area contributed by atoms with Crippen LogP contribution in [-0.4, -0.2) is 10.9 Å². The van der Waals surface area contributed by atoms with E-state index < -0.39 is 0 Å². The third-order valence-corrected chi connectivity index (χ3v) is 2.68. The molecule has 94 valence electrons. The Morgan fingerprint density at radius 2 is 2.16 bits per heavy atom. The lowest BCUT2D eigenvalue weighted by Gasteiger charge is -2.05. The maximum Gasteiger partial charge on any atom is 0.274 e. The maximum absolute atomic E-state index is 11.9. The topological polar surface area (TPSA) is 91.8 Å². The lowest BCUT2D eigenvalue weighted by atomic mass is 10.2.